The molecule has 0 amide bonds. The molecule has 2 heteroatoms. The molecule has 0 aliphatic rings. The summed E-state index contributed by atoms with van der Waals surface area (Å²) in [6.45, 7) is 4.07. The maximum absolute atomic E-state index is 3.25. The van der Waals surface area contributed by atoms with Gasteiger partial charge in [-0.2, -0.15) is 0 Å². The topological polar surface area (TPSA) is 15.3 Å². The van der Waals surface area contributed by atoms with Gasteiger partial charge in [0.1, 0.15) is 0 Å². The molecule has 2 nitrogen and oxygen atoms in total. The molecule has 0 saturated carbocycles. The van der Waals surface area contributed by atoms with Gasteiger partial charge in [-0.15, -0.1) is 0 Å². The van der Waals surface area contributed by atoms with Gasteiger partial charge in [-0.1, -0.05) is 31.2 Å². The Bertz CT molecular complexity index is 299. The van der Waals surface area contributed by atoms with Crippen LogP contribution in [-0.4, -0.2) is 27.2 Å². The highest BCUT2D eigenvalue weighted by atomic mass is 15.1. The molecule has 0 saturated heterocycles. The standard InChI is InChI=1S/C13H20N2/c1-4-14-11-5-6-12-7-9-13(10-8-12)15(2)3/h5-10,14H,4,11H2,1-3H3/b6-5+. The normalized spacial score (nSPS) is 10.9. The zero-order valence-electron chi connectivity index (χ0n) is 9.83. The fraction of sp³-hybridized carbons (Fsp3) is 0.385. The van der Waals surface area contributed by atoms with E-state index in [1.807, 2.05) is 0 Å². The molecule has 0 atom stereocenters. The maximum Gasteiger partial charge on any atom is 0.0361 e. The van der Waals surface area contributed by atoms with Crippen molar-refractivity contribution in [1.82, 2.24) is 5.32 Å². The van der Waals surface area contributed by atoms with Crippen molar-refractivity contribution in [2.24, 2.45) is 0 Å². The van der Waals surface area contributed by atoms with Crippen molar-refractivity contribution < 1.29 is 0 Å². The van der Waals surface area contributed by atoms with Crippen LogP contribution in [-0.2, 0) is 0 Å². The van der Waals surface area contributed by atoms with Crippen molar-refractivity contribution in [2.45, 2.75) is 6.92 Å². The lowest BCUT2D eigenvalue weighted by Gasteiger charge is -2.11. The molecule has 0 radical (unpaired) electrons. The van der Waals surface area contributed by atoms with E-state index < -0.39 is 0 Å². The summed E-state index contributed by atoms with van der Waals surface area (Å²) in [5.41, 5.74) is 2.48. The van der Waals surface area contributed by atoms with Gasteiger partial charge in [0.15, 0.2) is 0 Å². The molecule has 0 aliphatic carbocycles. The smallest absolute Gasteiger partial charge is 0.0361 e. The fourth-order valence-electron chi connectivity index (χ4n) is 1.31. The first kappa shape index (κ1) is 11.8. The molecule has 15 heavy (non-hydrogen) atoms. The second-order valence-corrected chi connectivity index (χ2v) is 3.70. The summed E-state index contributed by atoms with van der Waals surface area (Å²) in [5.74, 6) is 0. The van der Waals surface area contributed by atoms with E-state index in [1.165, 1.54) is 11.3 Å². The van der Waals surface area contributed by atoms with Gasteiger partial charge in [-0.25, -0.2) is 0 Å². The lowest BCUT2D eigenvalue weighted by molar-refractivity contribution is 0.801. The third-order valence-corrected chi connectivity index (χ3v) is 2.23. The van der Waals surface area contributed by atoms with Crippen LogP contribution in [0.15, 0.2) is 30.3 Å². The average Bonchev–Trinajstić information content (AvgIpc) is 2.25. The lowest BCUT2D eigenvalue weighted by atomic mass is 10.2. The number of hydrogen-bond acceptors (Lipinski definition) is 2. The minimum Gasteiger partial charge on any atom is -0.378 e. The zero-order chi connectivity index (χ0) is 11.1. The van der Waals surface area contributed by atoms with E-state index in [4.69, 9.17) is 0 Å². The molecule has 0 aromatic heterocycles. The average molecular weight is 204 g/mol. The summed E-state index contributed by atoms with van der Waals surface area (Å²) in [6.07, 6.45) is 4.29. The van der Waals surface area contributed by atoms with Crippen molar-refractivity contribution in [1.29, 1.82) is 0 Å². The third-order valence-electron chi connectivity index (χ3n) is 2.23. The third kappa shape index (κ3) is 4.17. The lowest BCUT2D eigenvalue weighted by Crippen LogP contribution is -2.11. The number of nitrogens with one attached hydrogen (secondary N) is 1. The summed E-state index contributed by atoms with van der Waals surface area (Å²) < 4.78 is 0. The van der Waals surface area contributed by atoms with Gasteiger partial charge in [0.25, 0.3) is 0 Å². The molecule has 0 fully saturated rings. The molecule has 1 aromatic rings. The summed E-state index contributed by atoms with van der Waals surface area (Å²) in [4.78, 5) is 2.10. The van der Waals surface area contributed by atoms with E-state index in [-0.39, 0.29) is 0 Å². The number of rotatable bonds is 5. The van der Waals surface area contributed by atoms with Crippen LogP contribution >= 0.6 is 0 Å². The summed E-state index contributed by atoms with van der Waals surface area (Å²) in [7, 11) is 4.10. The first-order valence-corrected chi connectivity index (χ1v) is 5.38. The van der Waals surface area contributed by atoms with Crippen molar-refractivity contribution in [3.8, 4) is 0 Å². The summed E-state index contributed by atoms with van der Waals surface area (Å²) >= 11 is 0. The van der Waals surface area contributed by atoms with Crippen LogP contribution in [0, 0.1) is 0 Å². The van der Waals surface area contributed by atoms with Gasteiger partial charge in [-0.05, 0) is 24.2 Å². The van der Waals surface area contributed by atoms with E-state index in [2.05, 4.69) is 67.7 Å². The monoisotopic (exact) mass is 204 g/mol. The van der Waals surface area contributed by atoms with Gasteiger partial charge >= 0.3 is 0 Å². The van der Waals surface area contributed by atoms with E-state index in [0.717, 1.165) is 13.1 Å². The van der Waals surface area contributed by atoms with E-state index in [9.17, 15) is 0 Å². The zero-order valence-corrected chi connectivity index (χ0v) is 9.83. The van der Waals surface area contributed by atoms with Crippen molar-refractivity contribution in [2.75, 3.05) is 32.1 Å². The molecule has 0 aliphatic heterocycles. The Morgan fingerprint density at radius 2 is 1.87 bits per heavy atom. The number of nitrogens with zero attached hydrogens (tertiary/aromatic N) is 1. The van der Waals surface area contributed by atoms with Crippen molar-refractivity contribution in [3.05, 3.63) is 35.9 Å². The molecular weight excluding hydrogens is 184 g/mol. The van der Waals surface area contributed by atoms with Crippen LogP contribution in [0.5, 0.6) is 0 Å². The second kappa shape index (κ2) is 6.25. The molecule has 1 rings (SSSR count). The van der Waals surface area contributed by atoms with Crippen LogP contribution in [0.25, 0.3) is 6.08 Å². The Morgan fingerprint density at radius 1 is 1.20 bits per heavy atom. The first-order valence-electron chi connectivity index (χ1n) is 5.38. The van der Waals surface area contributed by atoms with E-state index in [1.54, 1.807) is 0 Å². The number of benzene rings is 1. The largest absolute Gasteiger partial charge is 0.378 e. The number of anilines is 1. The van der Waals surface area contributed by atoms with Gasteiger partial charge in [0.2, 0.25) is 0 Å². The SMILES string of the molecule is CCNC/C=C/c1ccc(N(C)C)cc1. The van der Waals surface area contributed by atoms with Crippen LogP contribution in [0.3, 0.4) is 0 Å². The predicted molar refractivity (Wildman–Crippen MR) is 68.3 cm³/mol. The summed E-state index contributed by atoms with van der Waals surface area (Å²) in [6, 6.07) is 8.54. The molecule has 1 aromatic carbocycles. The van der Waals surface area contributed by atoms with Crippen LogP contribution in [0.4, 0.5) is 5.69 Å². The molecule has 0 unspecified atom stereocenters. The molecule has 0 bridgehead atoms. The fourth-order valence-corrected chi connectivity index (χ4v) is 1.31. The Hall–Kier alpha value is -1.28. The van der Waals surface area contributed by atoms with Gasteiger partial charge < -0.3 is 10.2 Å². The molecule has 82 valence electrons. The van der Waals surface area contributed by atoms with Crippen LogP contribution in [0.1, 0.15) is 12.5 Å². The predicted octanol–water partition coefficient (Wildman–Crippen LogP) is 2.38. The van der Waals surface area contributed by atoms with Gasteiger partial charge in [-0.3, -0.25) is 0 Å². The van der Waals surface area contributed by atoms with E-state index in [0.29, 0.717) is 0 Å². The van der Waals surface area contributed by atoms with E-state index >= 15 is 0 Å². The Labute approximate surface area is 92.6 Å². The quantitative estimate of drug-likeness (QED) is 0.741. The summed E-state index contributed by atoms with van der Waals surface area (Å²) in [5, 5.41) is 3.25. The Balaban J connectivity index is 2.53. The highest BCUT2D eigenvalue weighted by Gasteiger charge is 1.92. The number of hydrogen-bond donors (Lipinski definition) is 1. The highest BCUT2D eigenvalue weighted by Crippen LogP contribution is 2.12. The molecule has 1 N–H and O–H groups in total. The molecular formula is C13H20N2. The maximum atomic E-state index is 3.25. The first-order chi connectivity index (χ1) is 7.24. The minimum atomic E-state index is 0.936. The van der Waals surface area contributed by atoms with Crippen molar-refractivity contribution in [3.63, 3.8) is 0 Å². The molecule has 0 heterocycles. The minimum absolute atomic E-state index is 0.936. The Morgan fingerprint density at radius 3 is 2.40 bits per heavy atom. The van der Waals surface area contributed by atoms with Crippen LogP contribution < -0.4 is 10.2 Å². The van der Waals surface area contributed by atoms with Crippen LogP contribution in [0.2, 0.25) is 0 Å². The van der Waals surface area contributed by atoms with Gasteiger partial charge in [0.05, 0.1) is 0 Å². The highest BCUT2D eigenvalue weighted by molar-refractivity contribution is 5.55. The van der Waals surface area contributed by atoms with Crippen molar-refractivity contribution >= 4 is 11.8 Å². The Kier molecular flexibility index (Phi) is 4.91. The molecule has 0 spiro atoms. The van der Waals surface area contributed by atoms with Gasteiger partial charge in [0, 0.05) is 26.3 Å². The number of likely N-dealkylation sites (N-methyl/N-ethyl adjacent to an activating group) is 1. The second-order valence-electron chi connectivity index (χ2n) is 3.70.